The Morgan fingerprint density at radius 2 is 2.10 bits per heavy atom. The average Bonchev–Trinajstić information content (AvgIpc) is 3.15. The van der Waals surface area contributed by atoms with E-state index in [9.17, 15) is 8.42 Å². The van der Waals surface area contributed by atoms with E-state index in [-0.39, 0.29) is 26.8 Å². The largest absolute Gasteiger partial charge is 0.396 e. The molecule has 110 valence electrons. The number of anilines is 2. The molecular weight excluding hydrogens is 294 g/mol. The molecule has 0 unspecified atom stereocenters. The van der Waals surface area contributed by atoms with Gasteiger partial charge in [0.15, 0.2) is 9.84 Å². The number of nitriles is 1. The Bertz CT molecular complexity index is 665. The standard InChI is InChI=1S/C13H19N3O2S2/c1-4-20(17,18)11-10(15)9(7-14)19-12(11)16-13(2,3)8-5-6-8/h8,16H,4-6,15H2,1-3H3. The van der Waals surface area contributed by atoms with Crippen LogP contribution in [0.2, 0.25) is 0 Å². The lowest BCUT2D eigenvalue weighted by atomic mass is 9.99. The maximum absolute atomic E-state index is 12.2. The average molecular weight is 313 g/mol. The lowest BCUT2D eigenvalue weighted by Gasteiger charge is -2.27. The Morgan fingerprint density at radius 3 is 2.55 bits per heavy atom. The molecule has 1 aliphatic rings. The minimum Gasteiger partial charge on any atom is -0.396 e. The van der Waals surface area contributed by atoms with Crippen molar-refractivity contribution in [2.24, 2.45) is 5.92 Å². The van der Waals surface area contributed by atoms with Gasteiger partial charge in [-0.05, 0) is 32.6 Å². The topological polar surface area (TPSA) is 96.0 Å². The van der Waals surface area contributed by atoms with Crippen molar-refractivity contribution in [3.05, 3.63) is 4.88 Å². The van der Waals surface area contributed by atoms with E-state index in [1.54, 1.807) is 6.92 Å². The summed E-state index contributed by atoms with van der Waals surface area (Å²) >= 11 is 1.12. The zero-order valence-electron chi connectivity index (χ0n) is 11.9. The molecule has 0 saturated heterocycles. The third-order valence-electron chi connectivity index (χ3n) is 3.73. The van der Waals surface area contributed by atoms with Gasteiger partial charge in [-0.3, -0.25) is 0 Å². The van der Waals surface area contributed by atoms with Gasteiger partial charge in [-0.1, -0.05) is 6.92 Å². The zero-order chi connectivity index (χ0) is 15.1. The number of rotatable bonds is 5. The molecule has 0 bridgehead atoms. The molecule has 7 heteroatoms. The minimum atomic E-state index is -3.45. The van der Waals surface area contributed by atoms with Gasteiger partial charge in [-0.15, -0.1) is 11.3 Å². The van der Waals surface area contributed by atoms with Crippen LogP contribution in [0.5, 0.6) is 0 Å². The third kappa shape index (κ3) is 2.63. The van der Waals surface area contributed by atoms with Crippen molar-refractivity contribution < 1.29 is 8.42 Å². The van der Waals surface area contributed by atoms with E-state index in [0.29, 0.717) is 10.9 Å². The molecule has 1 aliphatic carbocycles. The quantitative estimate of drug-likeness (QED) is 0.871. The summed E-state index contributed by atoms with van der Waals surface area (Å²) in [5.74, 6) is 0.505. The fraction of sp³-hybridized carbons (Fsp3) is 0.615. The van der Waals surface area contributed by atoms with Gasteiger partial charge in [-0.25, -0.2) is 8.42 Å². The molecule has 1 aromatic heterocycles. The van der Waals surface area contributed by atoms with Crippen molar-refractivity contribution in [3.63, 3.8) is 0 Å². The second-order valence-corrected chi connectivity index (χ2v) is 8.88. The highest BCUT2D eigenvalue weighted by Gasteiger charge is 2.39. The maximum Gasteiger partial charge on any atom is 0.183 e. The molecule has 1 saturated carbocycles. The Hall–Kier alpha value is -1.26. The SMILES string of the molecule is CCS(=O)(=O)c1c(NC(C)(C)C2CC2)sc(C#N)c1N. The summed E-state index contributed by atoms with van der Waals surface area (Å²) in [4.78, 5) is 0.349. The number of nitrogens with two attached hydrogens (primary N) is 1. The van der Waals surface area contributed by atoms with Crippen molar-refractivity contribution >= 4 is 31.9 Å². The molecule has 0 aromatic carbocycles. The highest BCUT2D eigenvalue weighted by atomic mass is 32.2. The number of hydrogen-bond donors (Lipinski definition) is 2. The molecule has 1 aromatic rings. The predicted octanol–water partition coefficient (Wildman–Crippen LogP) is 2.60. The van der Waals surface area contributed by atoms with Crippen LogP contribution < -0.4 is 11.1 Å². The van der Waals surface area contributed by atoms with E-state index < -0.39 is 9.84 Å². The van der Waals surface area contributed by atoms with E-state index in [2.05, 4.69) is 19.2 Å². The molecule has 0 aliphatic heterocycles. The van der Waals surface area contributed by atoms with Gasteiger partial charge in [0.1, 0.15) is 20.8 Å². The van der Waals surface area contributed by atoms with Crippen LogP contribution in [0.3, 0.4) is 0 Å². The second kappa shape index (κ2) is 4.93. The first-order valence-corrected chi connectivity index (χ1v) is 9.03. The van der Waals surface area contributed by atoms with Gasteiger partial charge < -0.3 is 11.1 Å². The van der Waals surface area contributed by atoms with Gasteiger partial charge in [0.25, 0.3) is 0 Å². The van der Waals surface area contributed by atoms with Gasteiger partial charge in [-0.2, -0.15) is 5.26 Å². The van der Waals surface area contributed by atoms with Crippen LogP contribution in [-0.4, -0.2) is 19.7 Å². The first-order chi connectivity index (χ1) is 9.23. The first kappa shape index (κ1) is 15.1. The summed E-state index contributed by atoms with van der Waals surface area (Å²) in [5, 5.41) is 12.9. The van der Waals surface area contributed by atoms with Crippen LogP contribution in [0, 0.1) is 17.2 Å². The highest BCUT2D eigenvalue weighted by molar-refractivity contribution is 7.91. The number of hydrogen-bond acceptors (Lipinski definition) is 6. The summed E-state index contributed by atoms with van der Waals surface area (Å²) in [7, 11) is -3.45. The molecule has 5 nitrogen and oxygen atoms in total. The van der Waals surface area contributed by atoms with Crippen LogP contribution >= 0.6 is 11.3 Å². The molecule has 0 spiro atoms. The Kier molecular flexibility index (Phi) is 3.73. The lowest BCUT2D eigenvalue weighted by Crippen LogP contribution is -2.33. The zero-order valence-corrected chi connectivity index (χ0v) is 13.5. The van der Waals surface area contributed by atoms with Gasteiger partial charge in [0.05, 0.1) is 11.4 Å². The molecule has 0 radical (unpaired) electrons. The van der Waals surface area contributed by atoms with E-state index in [1.807, 2.05) is 6.07 Å². The van der Waals surface area contributed by atoms with Crippen molar-refractivity contribution in [1.29, 1.82) is 5.26 Å². The Labute approximate surface area is 123 Å². The molecule has 1 fully saturated rings. The predicted molar refractivity (Wildman–Crippen MR) is 81.6 cm³/mol. The Morgan fingerprint density at radius 1 is 1.50 bits per heavy atom. The Balaban J connectivity index is 2.50. The van der Waals surface area contributed by atoms with Crippen molar-refractivity contribution in [1.82, 2.24) is 0 Å². The van der Waals surface area contributed by atoms with Crippen LogP contribution in [0.25, 0.3) is 0 Å². The van der Waals surface area contributed by atoms with Crippen LogP contribution in [0.1, 0.15) is 38.5 Å². The van der Waals surface area contributed by atoms with Crippen LogP contribution in [0.15, 0.2) is 4.90 Å². The van der Waals surface area contributed by atoms with Gasteiger partial charge >= 0.3 is 0 Å². The molecule has 20 heavy (non-hydrogen) atoms. The number of nitrogens with one attached hydrogen (secondary N) is 1. The van der Waals surface area contributed by atoms with Crippen LogP contribution in [-0.2, 0) is 9.84 Å². The summed E-state index contributed by atoms with van der Waals surface area (Å²) in [6, 6.07) is 1.97. The first-order valence-electron chi connectivity index (χ1n) is 6.56. The lowest BCUT2D eigenvalue weighted by molar-refractivity contribution is 0.494. The van der Waals surface area contributed by atoms with E-state index in [0.717, 1.165) is 24.2 Å². The fourth-order valence-corrected chi connectivity index (χ4v) is 4.86. The van der Waals surface area contributed by atoms with E-state index >= 15 is 0 Å². The summed E-state index contributed by atoms with van der Waals surface area (Å²) < 4.78 is 24.4. The minimum absolute atomic E-state index is 0.0304. The number of sulfone groups is 1. The molecule has 0 atom stereocenters. The second-order valence-electron chi connectivity index (χ2n) is 5.64. The molecule has 3 N–H and O–H groups in total. The monoisotopic (exact) mass is 313 g/mol. The summed E-state index contributed by atoms with van der Waals surface area (Å²) in [6.07, 6.45) is 2.28. The number of nitrogen functional groups attached to an aromatic ring is 1. The van der Waals surface area contributed by atoms with Crippen molar-refractivity contribution in [2.75, 3.05) is 16.8 Å². The van der Waals surface area contributed by atoms with Gasteiger partial charge in [0, 0.05) is 5.54 Å². The number of thiophene rings is 1. The molecule has 1 heterocycles. The normalized spacial score (nSPS) is 15.9. The van der Waals surface area contributed by atoms with Crippen molar-refractivity contribution in [3.8, 4) is 6.07 Å². The number of nitrogens with zero attached hydrogens (tertiary/aromatic N) is 1. The highest BCUT2D eigenvalue weighted by Crippen LogP contribution is 2.45. The third-order valence-corrected chi connectivity index (χ3v) is 6.69. The van der Waals surface area contributed by atoms with Crippen molar-refractivity contribution in [2.45, 2.75) is 44.0 Å². The smallest absolute Gasteiger partial charge is 0.183 e. The summed E-state index contributed by atoms with van der Waals surface area (Å²) in [5.41, 5.74) is 5.74. The molecule has 2 rings (SSSR count). The molecular formula is C13H19N3O2S2. The van der Waals surface area contributed by atoms with E-state index in [1.165, 1.54) is 0 Å². The van der Waals surface area contributed by atoms with Gasteiger partial charge in [0.2, 0.25) is 0 Å². The molecule has 0 amide bonds. The maximum atomic E-state index is 12.2. The fourth-order valence-electron chi connectivity index (χ4n) is 2.25. The van der Waals surface area contributed by atoms with E-state index in [4.69, 9.17) is 11.0 Å². The van der Waals surface area contributed by atoms with Crippen LogP contribution in [0.4, 0.5) is 10.7 Å². The summed E-state index contributed by atoms with van der Waals surface area (Å²) in [6.45, 7) is 5.68.